The number of nitrogens with zero attached hydrogens (tertiary/aromatic N) is 1. The van der Waals surface area contributed by atoms with Crippen LogP contribution in [-0.4, -0.2) is 0 Å². The summed E-state index contributed by atoms with van der Waals surface area (Å²) in [7, 11) is 0. The van der Waals surface area contributed by atoms with Crippen LogP contribution in [0.2, 0.25) is 0 Å². The fourth-order valence-electron chi connectivity index (χ4n) is 2.00. The van der Waals surface area contributed by atoms with Crippen LogP contribution in [0.25, 0.3) is 0 Å². The van der Waals surface area contributed by atoms with Gasteiger partial charge in [0.25, 0.3) is 0 Å². The van der Waals surface area contributed by atoms with Crippen molar-refractivity contribution in [3.8, 4) is 11.8 Å². The third-order valence-corrected chi connectivity index (χ3v) is 4.65. The van der Waals surface area contributed by atoms with E-state index in [1.54, 1.807) is 0 Å². The van der Waals surface area contributed by atoms with Gasteiger partial charge < -0.3 is 4.74 Å². The Morgan fingerprint density at radius 1 is 1.10 bits per heavy atom. The number of hydrogen-bond acceptors (Lipinski definition) is 2. The van der Waals surface area contributed by atoms with E-state index in [0.29, 0.717) is 12.2 Å². The molecule has 20 heavy (non-hydrogen) atoms. The van der Waals surface area contributed by atoms with E-state index in [-0.39, 0.29) is 0 Å². The van der Waals surface area contributed by atoms with Crippen molar-refractivity contribution in [3.63, 3.8) is 0 Å². The number of ether oxygens (including phenoxy) is 1. The summed E-state index contributed by atoms with van der Waals surface area (Å²) in [6, 6.07) is 11.6. The van der Waals surface area contributed by atoms with Gasteiger partial charge in [0.2, 0.25) is 0 Å². The summed E-state index contributed by atoms with van der Waals surface area (Å²) in [5.74, 6) is 0.910. The summed E-state index contributed by atoms with van der Waals surface area (Å²) in [6.45, 7) is 6.72. The SMILES string of the molecule is Cc1cc(OCc2ccc(C#N)cc2)c(C)c(C)c1Br. The highest BCUT2D eigenvalue weighted by Crippen LogP contribution is 2.31. The van der Waals surface area contributed by atoms with Gasteiger partial charge in [0.1, 0.15) is 12.4 Å². The lowest BCUT2D eigenvalue weighted by atomic mass is 10.1. The molecule has 0 radical (unpaired) electrons. The van der Waals surface area contributed by atoms with Gasteiger partial charge in [-0.15, -0.1) is 0 Å². The minimum Gasteiger partial charge on any atom is -0.489 e. The molecule has 0 N–H and O–H groups in total. The predicted molar refractivity (Wildman–Crippen MR) is 83.8 cm³/mol. The zero-order chi connectivity index (χ0) is 14.7. The highest BCUT2D eigenvalue weighted by atomic mass is 79.9. The van der Waals surface area contributed by atoms with Gasteiger partial charge in [-0.05, 0) is 61.2 Å². The summed E-state index contributed by atoms with van der Waals surface area (Å²) in [6.07, 6.45) is 0. The molecule has 0 atom stereocenters. The minimum absolute atomic E-state index is 0.507. The molecule has 0 spiro atoms. The molecule has 0 saturated carbocycles. The molecule has 0 heterocycles. The lowest BCUT2D eigenvalue weighted by molar-refractivity contribution is 0.303. The molecule has 2 rings (SSSR count). The summed E-state index contributed by atoms with van der Waals surface area (Å²) in [5, 5.41) is 8.77. The first kappa shape index (κ1) is 14.6. The van der Waals surface area contributed by atoms with E-state index in [0.717, 1.165) is 21.3 Å². The molecule has 0 aromatic heterocycles. The molecule has 0 unspecified atom stereocenters. The molecule has 2 nitrogen and oxygen atoms in total. The van der Waals surface area contributed by atoms with Gasteiger partial charge in [0.05, 0.1) is 11.6 Å². The van der Waals surface area contributed by atoms with Crippen LogP contribution in [0.1, 0.15) is 27.8 Å². The summed E-state index contributed by atoms with van der Waals surface area (Å²) in [5.41, 5.74) is 5.25. The maximum atomic E-state index is 8.77. The van der Waals surface area contributed by atoms with Gasteiger partial charge >= 0.3 is 0 Å². The molecule has 0 aliphatic heterocycles. The van der Waals surface area contributed by atoms with Crippen molar-refractivity contribution in [2.75, 3.05) is 0 Å². The first-order valence-electron chi connectivity index (χ1n) is 6.41. The zero-order valence-corrected chi connectivity index (χ0v) is 13.4. The molecule has 3 heteroatoms. The maximum absolute atomic E-state index is 8.77. The monoisotopic (exact) mass is 329 g/mol. The van der Waals surface area contributed by atoms with Gasteiger partial charge in [-0.25, -0.2) is 0 Å². The Hall–Kier alpha value is -1.79. The van der Waals surface area contributed by atoms with Crippen molar-refractivity contribution in [2.24, 2.45) is 0 Å². The molecular weight excluding hydrogens is 314 g/mol. The van der Waals surface area contributed by atoms with E-state index in [1.165, 1.54) is 11.1 Å². The average Bonchev–Trinajstić information content (AvgIpc) is 2.48. The average molecular weight is 330 g/mol. The molecular formula is C17H16BrNO. The number of halogens is 1. The predicted octanol–water partition coefficient (Wildman–Crippen LogP) is 4.83. The number of aryl methyl sites for hydroxylation is 1. The van der Waals surface area contributed by atoms with Crippen LogP contribution in [0.15, 0.2) is 34.8 Å². The Bertz CT molecular complexity index is 669. The summed E-state index contributed by atoms with van der Waals surface area (Å²) in [4.78, 5) is 0. The standard InChI is InChI=1S/C17H16BrNO/c1-11-8-16(12(2)13(3)17(11)18)20-10-15-6-4-14(9-19)5-7-15/h4-8H,10H2,1-3H3. The molecule has 0 amide bonds. The van der Waals surface area contributed by atoms with E-state index >= 15 is 0 Å². The second kappa shape index (κ2) is 6.11. The lowest BCUT2D eigenvalue weighted by Crippen LogP contribution is -1.99. The van der Waals surface area contributed by atoms with E-state index < -0.39 is 0 Å². The van der Waals surface area contributed by atoms with Crippen molar-refractivity contribution in [2.45, 2.75) is 27.4 Å². The number of nitriles is 1. The van der Waals surface area contributed by atoms with Crippen LogP contribution in [-0.2, 0) is 6.61 Å². The fraction of sp³-hybridized carbons (Fsp3) is 0.235. The van der Waals surface area contributed by atoms with Crippen LogP contribution in [0, 0.1) is 32.1 Å². The lowest BCUT2D eigenvalue weighted by Gasteiger charge is -2.14. The normalized spacial score (nSPS) is 10.2. The van der Waals surface area contributed by atoms with Crippen LogP contribution < -0.4 is 4.74 Å². The first-order chi connectivity index (χ1) is 9.52. The van der Waals surface area contributed by atoms with Crippen molar-refractivity contribution >= 4 is 15.9 Å². The summed E-state index contributed by atoms with van der Waals surface area (Å²) >= 11 is 3.59. The number of hydrogen-bond donors (Lipinski definition) is 0. The second-order valence-electron chi connectivity index (χ2n) is 4.85. The molecule has 0 saturated heterocycles. The van der Waals surface area contributed by atoms with E-state index in [1.807, 2.05) is 24.3 Å². The van der Waals surface area contributed by atoms with Crippen molar-refractivity contribution in [1.29, 1.82) is 5.26 Å². The molecule has 2 aromatic carbocycles. The highest BCUT2D eigenvalue weighted by molar-refractivity contribution is 9.10. The Morgan fingerprint density at radius 2 is 1.75 bits per heavy atom. The van der Waals surface area contributed by atoms with Crippen molar-refractivity contribution in [3.05, 3.63) is 62.6 Å². The van der Waals surface area contributed by atoms with Crippen molar-refractivity contribution < 1.29 is 4.74 Å². The topological polar surface area (TPSA) is 33.0 Å². The molecule has 2 aromatic rings. The van der Waals surface area contributed by atoms with Crippen molar-refractivity contribution in [1.82, 2.24) is 0 Å². The quantitative estimate of drug-likeness (QED) is 0.808. The fourth-order valence-corrected chi connectivity index (χ4v) is 2.41. The van der Waals surface area contributed by atoms with Gasteiger partial charge in [0.15, 0.2) is 0 Å². The third kappa shape index (κ3) is 3.02. The maximum Gasteiger partial charge on any atom is 0.123 e. The molecule has 102 valence electrons. The Morgan fingerprint density at radius 3 is 2.35 bits per heavy atom. The van der Waals surface area contributed by atoms with E-state index in [2.05, 4.69) is 48.8 Å². The smallest absolute Gasteiger partial charge is 0.123 e. The Labute approximate surface area is 128 Å². The van der Waals surface area contributed by atoms with Gasteiger partial charge in [-0.1, -0.05) is 28.1 Å². The van der Waals surface area contributed by atoms with Crippen LogP contribution in [0.5, 0.6) is 5.75 Å². The number of benzene rings is 2. The largest absolute Gasteiger partial charge is 0.489 e. The zero-order valence-electron chi connectivity index (χ0n) is 11.8. The summed E-state index contributed by atoms with van der Waals surface area (Å²) < 4.78 is 7.05. The van der Waals surface area contributed by atoms with Gasteiger partial charge in [-0.3, -0.25) is 0 Å². The van der Waals surface area contributed by atoms with E-state index in [9.17, 15) is 0 Å². The van der Waals surface area contributed by atoms with Crippen LogP contribution >= 0.6 is 15.9 Å². The van der Waals surface area contributed by atoms with E-state index in [4.69, 9.17) is 10.00 Å². The Kier molecular flexibility index (Phi) is 4.46. The highest BCUT2D eigenvalue weighted by Gasteiger charge is 2.09. The van der Waals surface area contributed by atoms with Crippen LogP contribution in [0.3, 0.4) is 0 Å². The second-order valence-corrected chi connectivity index (χ2v) is 5.65. The third-order valence-electron chi connectivity index (χ3n) is 3.43. The van der Waals surface area contributed by atoms with Crippen LogP contribution in [0.4, 0.5) is 0 Å². The van der Waals surface area contributed by atoms with Gasteiger partial charge in [0, 0.05) is 4.47 Å². The first-order valence-corrected chi connectivity index (χ1v) is 7.20. The molecule has 0 aliphatic carbocycles. The molecule has 0 fully saturated rings. The molecule has 0 aliphatic rings. The molecule has 0 bridgehead atoms. The minimum atomic E-state index is 0.507. The van der Waals surface area contributed by atoms with Gasteiger partial charge in [-0.2, -0.15) is 5.26 Å². The number of rotatable bonds is 3. The Balaban J connectivity index is 2.17.